The van der Waals surface area contributed by atoms with E-state index in [1.165, 1.54) is 17.5 Å². The highest BCUT2D eigenvalue weighted by Gasteiger charge is 2.13. The minimum absolute atomic E-state index is 0.0204. The first-order chi connectivity index (χ1) is 10.3. The van der Waals surface area contributed by atoms with E-state index in [1.54, 1.807) is 0 Å². The van der Waals surface area contributed by atoms with Gasteiger partial charge in [0.15, 0.2) is 0 Å². The Kier molecular flexibility index (Phi) is 4.02. The zero-order valence-electron chi connectivity index (χ0n) is 11.9. The van der Waals surface area contributed by atoms with Gasteiger partial charge in [-0.3, -0.25) is 4.79 Å². The molecule has 3 rings (SSSR count). The zero-order chi connectivity index (χ0) is 14.7. The third kappa shape index (κ3) is 3.14. The molecule has 0 aliphatic heterocycles. The summed E-state index contributed by atoms with van der Waals surface area (Å²) in [5, 5.41) is 12.1. The van der Waals surface area contributed by atoms with Crippen LogP contribution in [0.2, 0.25) is 0 Å². The molecule has 1 aliphatic rings. The van der Waals surface area contributed by atoms with Crippen molar-refractivity contribution >= 4 is 5.91 Å². The second kappa shape index (κ2) is 6.10. The summed E-state index contributed by atoms with van der Waals surface area (Å²) >= 11 is 0. The van der Waals surface area contributed by atoms with Crippen LogP contribution in [0.3, 0.4) is 0 Å². The van der Waals surface area contributed by atoms with Crippen LogP contribution in [0.1, 0.15) is 39.0 Å². The maximum absolute atomic E-state index is 12.2. The van der Waals surface area contributed by atoms with Gasteiger partial charge in [-0.2, -0.15) is 0 Å². The average Bonchev–Trinajstić information content (AvgIpc) is 3.00. The quantitative estimate of drug-likeness (QED) is 0.905. The Morgan fingerprint density at radius 2 is 1.86 bits per heavy atom. The van der Waals surface area contributed by atoms with Crippen LogP contribution in [0.4, 0.5) is 0 Å². The standard InChI is InChI=1S/C18H19NO2/c20-12-14-4-1-3-13(9-14)11-19-18(21)17-8-7-15-5-2-6-16(15)10-17/h1,3-4,7-10,20H,2,5-6,11-12H2,(H,19,21). The molecular formula is C18H19NO2. The number of hydrogen-bond donors (Lipinski definition) is 2. The molecule has 3 nitrogen and oxygen atoms in total. The number of benzene rings is 2. The summed E-state index contributed by atoms with van der Waals surface area (Å²) in [6, 6.07) is 13.6. The molecule has 1 aliphatic carbocycles. The maximum Gasteiger partial charge on any atom is 0.251 e. The van der Waals surface area contributed by atoms with Crippen molar-refractivity contribution in [3.05, 3.63) is 70.3 Å². The summed E-state index contributed by atoms with van der Waals surface area (Å²) in [7, 11) is 0. The van der Waals surface area contributed by atoms with E-state index in [4.69, 9.17) is 5.11 Å². The van der Waals surface area contributed by atoms with Crippen molar-refractivity contribution in [2.45, 2.75) is 32.4 Å². The van der Waals surface area contributed by atoms with Crippen molar-refractivity contribution in [2.24, 2.45) is 0 Å². The number of fused-ring (bicyclic) bond motifs is 1. The highest BCUT2D eigenvalue weighted by atomic mass is 16.3. The first kappa shape index (κ1) is 13.8. The van der Waals surface area contributed by atoms with Crippen LogP contribution >= 0.6 is 0 Å². The average molecular weight is 281 g/mol. The second-order valence-electron chi connectivity index (χ2n) is 5.50. The van der Waals surface area contributed by atoms with E-state index >= 15 is 0 Å². The van der Waals surface area contributed by atoms with Crippen LogP contribution in [-0.2, 0) is 26.0 Å². The van der Waals surface area contributed by atoms with Crippen molar-refractivity contribution < 1.29 is 9.90 Å². The number of aliphatic hydroxyl groups excluding tert-OH is 1. The Bertz CT molecular complexity index is 664. The highest BCUT2D eigenvalue weighted by Crippen LogP contribution is 2.22. The Morgan fingerprint density at radius 1 is 1.05 bits per heavy atom. The molecule has 0 radical (unpaired) electrons. The van der Waals surface area contributed by atoms with E-state index < -0.39 is 0 Å². The predicted octanol–water partition coefficient (Wildman–Crippen LogP) is 2.60. The summed E-state index contributed by atoms with van der Waals surface area (Å²) in [6.07, 6.45) is 3.40. The molecule has 21 heavy (non-hydrogen) atoms. The highest BCUT2D eigenvalue weighted by molar-refractivity contribution is 5.94. The molecule has 2 aromatic rings. The molecule has 0 bridgehead atoms. The van der Waals surface area contributed by atoms with Crippen molar-refractivity contribution in [1.29, 1.82) is 0 Å². The van der Waals surface area contributed by atoms with Gasteiger partial charge in [-0.25, -0.2) is 0 Å². The largest absolute Gasteiger partial charge is 0.392 e. The van der Waals surface area contributed by atoms with Gasteiger partial charge >= 0.3 is 0 Å². The van der Waals surface area contributed by atoms with Crippen LogP contribution < -0.4 is 5.32 Å². The molecule has 2 N–H and O–H groups in total. The number of aryl methyl sites for hydroxylation is 2. The number of rotatable bonds is 4. The summed E-state index contributed by atoms with van der Waals surface area (Å²) in [4.78, 5) is 12.2. The molecule has 0 unspecified atom stereocenters. The molecule has 3 heteroatoms. The molecule has 0 saturated heterocycles. The monoisotopic (exact) mass is 281 g/mol. The fraction of sp³-hybridized carbons (Fsp3) is 0.278. The smallest absolute Gasteiger partial charge is 0.251 e. The van der Waals surface area contributed by atoms with E-state index in [2.05, 4.69) is 11.4 Å². The van der Waals surface area contributed by atoms with Crippen molar-refractivity contribution in [2.75, 3.05) is 0 Å². The van der Waals surface area contributed by atoms with E-state index in [0.717, 1.165) is 29.5 Å². The molecule has 0 spiro atoms. The van der Waals surface area contributed by atoms with E-state index in [0.29, 0.717) is 6.54 Å². The van der Waals surface area contributed by atoms with Gasteiger partial charge in [0.2, 0.25) is 0 Å². The molecule has 0 aromatic heterocycles. The number of carbonyl (C=O) groups is 1. The second-order valence-corrected chi connectivity index (χ2v) is 5.50. The lowest BCUT2D eigenvalue weighted by atomic mass is 10.1. The normalized spacial score (nSPS) is 13.0. The zero-order valence-corrected chi connectivity index (χ0v) is 11.9. The Hall–Kier alpha value is -2.13. The summed E-state index contributed by atoms with van der Waals surface area (Å²) in [5.41, 5.74) is 5.27. The molecule has 0 atom stereocenters. The lowest BCUT2D eigenvalue weighted by Crippen LogP contribution is -2.23. The third-order valence-corrected chi connectivity index (χ3v) is 3.99. The van der Waals surface area contributed by atoms with Crippen LogP contribution in [-0.4, -0.2) is 11.0 Å². The van der Waals surface area contributed by atoms with Crippen molar-refractivity contribution in [1.82, 2.24) is 5.32 Å². The topological polar surface area (TPSA) is 49.3 Å². The van der Waals surface area contributed by atoms with Gasteiger partial charge in [0, 0.05) is 12.1 Å². The van der Waals surface area contributed by atoms with Gasteiger partial charge in [0.05, 0.1) is 6.61 Å². The molecule has 2 aromatic carbocycles. The lowest BCUT2D eigenvalue weighted by molar-refractivity contribution is 0.0951. The number of nitrogens with one attached hydrogen (secondary N) is 1. The van der Waals surface area contributed by atoms with Crippen LogP contribution in [0, 0.1) is 0 Å². The molecule has 1 amide bonds. The maximum atomic E-state index is 12.2. The SMILES string of the molecule is O=C(NCc1cccc(CO)c1)c1ccc2c(c1)CCC2. The van der Waals surface area contributed by atoms with Gasteiger partial charge in [-0.1, -0.05) is 30.3 Å². The fourth-order valence-electron chi connectivity index (χ4n) is 2.84. The number of hydrogen-bond acceptors (Lipinski definition) is 2. The molecule has 0 fully saturated rings. The van der Waals surface area contributed by atoms with Crippen molar-refractivity contribution in [3.8, 4) is 0 Å². The number of carbonyl (C=O) groups excluding carboxylic acids is 1. The third-order valence-electron chi connectivity index (χ3n) is 3.99. The predicted molar refractivity (Wildman–Crippen MR) is 82.0 cm³/mol. The van der Waals surface area contributed by atoms with Gasteiger partial charge in [0.1, 0.15) is 0 Å². The summed E-state index contributed by atoms with van der Waals surface area (Å²) < 4.78 is 0. The first-order valence-electron chi connectivity index (χ1n) is 7.35. The van der Waals surface area contributed by atoms with E-state index in [9.17, 15) is 4.79 Å². The van der Waals surface area contributed by atoms with Gasteiger partial charge in [0.25, 0.3) is 5.91 Å². The Labute approximate surface area is 124 Å². The first-order valence-corrected chi connectivity index (χ1v) is 7.35. The lowest BCUT2D eigenvalue weighted by Gasteiger charge is -2.08. The van der Waals surface area contributed by atoms with E-state index in [-0.39, 0.29) is 12.5 Å². The fourth-order valence-corrected chi connectivity index (χ4v) is 2.84. The minimum Gasteiger partial charge on any atom is -0.392 e. The minimum atomic E-state index is -0.0425. The van der Waals surface area contributed by atoms with E-state index in [1.807, 2.05) is 36.4 Å². The van der Waals surface area contributed by atoms with Gasteiger partial charge in [-0.15, -0.1) is 0 Å². The summed E-state index contributed by atoms with van der Waals surface area (Å²) in [6.45, 7) is 0.496. The van der Waals surface area contributed by atoms with Crippen molar-refractivity contribution in [3.63, 3.8) is 0 Å². The van der Waals surface area contributed by atoms with Crippen LogP contribution in [0.5, 0.6) is 0 Å². The van der Waals surface area contributed by atoms with Crippen LogP contribution in [0.25, 0.3) is 0 Å². The number of aliphatic hydroxyl groups is 1. The van der Waals surface area contributed by atoms with Gasteiger partial charge < -0.3 is 10.4 Å². The Morgan fingerprint density at radius 3 is 2.71 bits per heavy atom. The van der Waals surface area contributed by atoms with Crippen LogP contribution in [0.15, 0.2) is 42.5 Å². The molecular weight excluding hydrogens is 262 g/mol. The Balaban J connectivity index is 1.66. The molecule has 0 heterocycles. The summed E-state index contributed by atoms with van der Waals surface area (Å²) in [5.74, 6) is -0.0425. The number of amides is 1. The van der Waals surface area contributed by atoms with Gasteiger partial charge in [-0.05, 0) is 53.6 Å². The molecule has 0 saturated carbocycles. The molecule has 108 valence electrons.